The molecule has 0 saturated carbocycles. The third kappa shape index (κ3) is 3.17. The van der Waals surface area contributed by atoms with Crippen LogP contribution in [0.3, 0.4) is 0 Å². The van der Waals surface area contributed by atoms with E-state index in [1.54, 1.807) is 11.3 Å². The van der Waals surface area contributed by atoms with E-state index in [2.05, 4.69) is 36.2 Å². The SMILES string of the molecule is Cc1nc(-c2ccn(C)n2)sc1CNCC(C)C. The Morgan fingerprint density at radius 1 is 1.44 bits per heavy atom. The van der Waals surface area contributed by atoms with Crippen LogP contribution >= 0.6 is 11.3 Å². The van der Waals surface area contributed by atoms with Crippen molar-refractivity contribution in [2.45, 2.75) is 27.3 Å². The van der Waals surface area contributed by atoms with Crippen LogP contribution in [0.4, 0.5) is 0 Å². The monoisotopic (exact) mass is 264 g/mol. The van der Waals surface area contributed by atoms with Crippen LogP contribution in [0.1, 0.15) is 24.4 Å². The van der Waals surface area contributed by atoms with E-state index in [-0.39, 0.29) is 0 Å². The molecule has 0 aliphatic heterocycles. The molecule has 2 aromatic heterocycles. The number of nitrogens with one attached hydrogen (secondary N) is 1. The van der Waals surface area contributed by atoms with E-state index in [9.17, 15) is 0 Å². The molecule has 0 saturated heterocycles. The zero-order valence-electron chi connectivity index (χ0n) is 11.4. The second-order valence-corrected chi connectivity index (χ2v) is 6.01. The van der Waals surface area contributed by atoms with E-state index in [1.807, 2.05) is 24.0 Å². The highest BCUT2D eigenvalue weighted by molar-refractivity contribution is 7.15. The van der Waals surface area contributed by atoms with Crippen molar-refractivity contribution in [2.75, 3.05) is 6.54 Å². The molecular formula is C13H20N4S. The highest BCUT2D eigenvalue weighted by atomic mass is 32.1. The molecular weight excluding hydrogens is 244 g/mol. The summed E-state index contributed by atoms with van der Waals surface area (Å²) in [7, 11) is 1.93. The number of thiazole rings is 1. The van der Waals surface area contributed by atoms with Gasteiger partial charge in [-0.2, -0.15) is 5.10 Å². The Hall–Kier alpha value is -1.20. The first-order chi connectivity index (χ1) is 8.56. The van der Waals surface area contributed by atoms with Gasteiger partial charge in [0, 0.05) is 24.7 Å². The molecule has 2 aromatic rings. The molecule has 4 nitrogen and oxygen atoms in total. The summed E-state index contributed by atoms with van der Waals surface area (Å²) in [6.07, 6.45) is 1.95. The molecule has 0 aliphatic carbocycles. The average Bonchev–Trinajstić information content (AvgIpc) is 2.86. The Labute approximate surface area is 112 Å². The quantitative estimate of drug-likeness (QED) is 0.902. The maximum Gasteiger partial charge on any atom is 0.144 e. The molecule has 2 rings (SSSR count). The second kappa shape index (κ2) is 5.63. The summed E-state index contributed by atoms with van der Waals surface area (Å²) < 4.78 is 1.81. The van der Waals surface area contributed by atoms with E-state index in [0.717, 1.165) is 29.5 Å². The van der Waals surface area contributed by atoms with Gasteiger partial charge in [-0.15, -0.1) is 11.3 Å². The van der Waals surface area contributed by atoms with Crippen molar-refractivity contribution in [3.63, 3.8) is 0 Å². The smallest absolute Gasteiger partial charge is 0.144 e. The van der Waals surface area contributed by atoms with Crippen molar-refractivity contribution >= 4 is 11.3 Å². The molecule has 0 spiro atoms. The lowest BCUT2D eigenvalue weighted by Crippen LogP contribution is -2.18. The van der Waals surface area contributed by atoms with Crippen LogP contribution < -0.4 is 5.32 Å². The Morgan fingerprint density at radius 2 is 2.22 bits per heavy atom. The Kier molecular flexibility index (Phi) is 4.14. The first-order valence-corrected chi connectivity index (χ1v) is 7.05. The fourth-order valence-corrected chi connectivity index (χ4v) is 2.70. The average molecular weight is 264 g/mol. The van der Waals surface area contributed by atoms with Crippen LogP contribution in [0.5, 0.6) is 0 Å². The Balaban J connectivity index is 2.07. The normalized spacial score (nSPS) is 11.4. The third-order valence-electron chi connectivity index (χ3n) is 2.66. The van der Waals surface area contributed by atoms with Gasteiger partial charge < -0.3 is 5.32 Å². The van der Waals surface area contributed by atoms with Crippen molar-refractivity contribution in [3.05, 3.63) is 22.8 Å². The molecule has 0 unspecified atom stereocenters. The number of aryl methyl sites for hydroxylation is 2. The predicted molar refractivity (Wildman–Crippen MR) is 75.6 cm³/mol. The molecule has 0 atom stereocenters. The highest BCUT2D eigenvalue weighted by Crippen LogP contribution is 2.26. The van der Waals surface area contributed by atoms with E-state index < -0.39 is 0 Å². The lowest BCUT2D eigenvalue weighted by molar-refractivity contribution is 0.554. The third-order valence-corrected chi connectivity index (χ3v) is 3.84. The van der Waals surface area contributed by atoms with Crippen molar-refractivity contribution < 1.29 is 0 Å². The minimum atomic E-state index is 0.675. The minimum Gasteiger partial charge on any atom is -0.312 e. The standard InChI is InChI=1S/C13H20N4S/c1-9(2)7-14-8-12-10(3)15-13(18-12)11-5-6-17(4)16-11/h5-6,9,14H,7-8H2,1-4H3. The fraction of sp³-hybridized carbons (Fsp3) is 0.538. The van der Waals surface area contributed by atoms with Gasteiger partial charge >= 0.3 is 0 Å². The van der Waals surface area contributed by atoms with Gasteiger partial charge in [0.25, 0.3) is 0 Å². The topological polar surface area (TPSA) is 42.7 Å². The predicted octanol–water partition coefficient (Wildman–Crippen LogP) is 2.60. The molecule has 18 heavy (non-hydrogen) atoms. The number of nitrogens with zero attached hydrogens (tertiary/aromatic N) is 3. The molecule has 2 heterocycles. The summed E-state index contributed by atoms with van der Waals surface area (Å²) >= 11 is 1.73. The van der Waals surface area contributed by atoms with E-state index in [0.29, 0.717) is 5.92 Å². The molecule has 0 aliphatic rings. The summed E-state index contributed by atoms with van der Waals surface area (Å²) in [5, 5.41) is 8.85. The number of hydrogen-bond donors (Lipinski definition) is 1. The van der Waals surface area contributed by atoms with Crippen LogP contribution in [0, 0.1) is 12.8 Å². The molecule has 0 amide bonds. The van der Waals surface area contributed by atoms with Crippen molar-refractivity contribution in [1.82, 2.24) is 20.1 Å². The molecule has 0 fully saturated rings. The lowest BCUT2D eigenvalue weighted by Gasteiger charge is -2.05. The summed E-state index contributed by atoms with van der Waals surface area (Å²) in [6.45, 7) is 8.43. The summed E-state index contributed by atoms with van der Waals surface area (Å²) in [6, 6.07) is 2.00. The van der Waals surface area contributed by atoms with Crippen LogP contribution in [-0.2, 0) is 13.6 Å². The van der Waals surface area contributed by atoms with Crippen molar-refractivity contribution in [3.8, 4) is 10.7 Å². The molecule has 98 valence electrons. The van der Waals surface area contributed by atoms with Gasteiger partial charge in [0.2, 0.25) is 0 Å². The zero-order valence-corrected chi connectivity index (χ0v) is 12.2. The molecule has 1 N–H and O–H groups in total. The van der Waals surface area contributed by atoms with E-state index in [4.69, 9.17) is 0 Å². The molecule has 0 radical (unpaired) electrons. The maximum atomic E-state index is 4.59. The number of hydrogen-bond acceptors (Lipinski definition) is 4. The maximum absolute atomic E-state index is 4.59. The molecule has 0 bridgehead atoms. The lowest BCUT2D eigenvalue weighted by atomic mass is 10.2. The zero-order chi connectivity index (χ0) is 13.1. The van der Waals surface area contributed by atoms with Gasteiger partial charge in [-0.3, -0.25) is 4.68 Å². The van der Waals surface area contributed by atoms with Gasteiger partial charge in [-0.25, -0.2) is 4.98 Å². The summed E-state index contributed by atoms with van der Waals surface area (Å²) in [5.74, 6) is 0.675. The first kappa shape index (κ1) is 13.2. The van der Waals surface area contributed by atoms with Gasteiger partial charge in [0.1, 0.15) is 10.7 Å². The summed E-state index contributed by atoms with van der Waals surface area (Å²) in [5.41, 5.74) is 2.07. The van der Waals surface area contributed by atoms with Crippen molar-refractivity contribution in [2.24, 2.45) is 13.0 Å². The van der Waals surface area contributed by atoms with Gasteiger partial charge in [0.05, 0.1) is 5.69 Å². The largest absolute Gasteiger partial charge is 0.312 e. The van der Waals surface area contributed by atoms with E-state index >= 15 is 0 Å². The number of aromatic nitrogens is 3. The van der Waals surface area contributed by atoms with Crippen LogP contribution in [0.15, 0.2) is 12.3 Å². The Bertz CT molecular complexity index is 513. The summed E-state index contributed by atoms with van der Waals surface area (Å²) in [4.78, 5) is 5.90. The first-order valence-electron chi connectivity index (χ1n) is 6.23. The van der Waals surface area contributed by atoms with E-state index in [1.165, 1.54) is 4.88 Å². The molecule has 5 heteroatoms. The second-order valence-electron chi connectivity index (χ2n) is 4.93. The van der Waals surface area contributed by atoms with Crippen LogP contribution in [-0.4, -0.2) is 21.3 Å². The minimum absolute atomic E-state index is 0.675. The van der Waals surface area contributed by atoms with Gasteiger partial charge in [-0.1, -0.05) is 13.8 Å². The number of rotatable bonds is 5. The fourth-order valence-electron chi connectivity index (χ4n) is 1.71. The van der Waals surface area contributed by atoms with Gasteiger partial charge in [0.15, 0.2) is 0 Å². The van der Waals surface area contributed by atoms with Crippen LogP contribution in [0.25, 0.3) is 10.7 Å². The van der Waals surface area contributed by atoms with Gasteiger partial charge in [-0.05, 0) is 25.5 Å². The Morgan fingerprint density at radius 3 is 2.83 bits per heavy atom. The van der Waals surface area contributed by atoms with Crippen LogP contribution in [0.2, 0.25) is 0 Å². The van der Waals surface area contributed by atoms with Crippen molar-refractivity contribution in [1.29, 1.82) is 0 Å². The molecule has 0 aromatic carbocycles. The highest BCUT2D eigenvalue weighted by Gasteiger charge is 2.11.